The van der Waals surface area contributed by atoms with Gasteiger partial charge in [-0.15, -0.1) is 0 Å². The number of anilines is 1. The molecular weight excluding hydrogens is 434 g/mol. The highest BCUT2D eigenvalue weighted by atomic mass is 32.2. The number of para-hydroxylation sites is 1. The number of hydrazone groups is 1. The summed E-state index contributed by atoms with van der Waals surface area (Å²) in [4.78, 5) is 14.1. The zero-order valence-corrected chi connectivity index (χ0v) is 18.3. The number of morpholine rings is 1. The highest BCUT2D eigenvalue weighted by Gasteiger charge is 2.28. The van der Waals surface area contributed by atoms with E-state index in [1.165, 1.54) is 22.0 Å². The van der Waals surface area contributed by atoms with Crippen molar-refractivity contribution in [3.05, 3.63) is 63.8 Å². The van der Waals surface area contributed by atoms with Crippen molar-refractivity contribution in [3.8, 4) is 0 Å². The van der Waals surface area contributed by atoms with Crippen molar-refractivity contribution >= 4 is 38.5 Å². The molecule has 10 nitrogen and oxygen atoms in total. The van der Waals surface area contributed by atoms with Gasteiger partial charge in [0.1, 0.15) is 5.69 Å². The SMILES string of the molecule is CCc1cccc2c(C=NNc3ccc(S(=O)(=O)N4CCOCC4)cc3[N+](=O)[O-])c[nH]c12. The summed E-state index contributed by atoms with van der Waals surface area (Å²) in [6.45, 7) is 3.09. The number of benzene rings is 2. The third kappa shape index (κ3) is 4.22. The number of ether oxygens (including phenoxy) is 1. The van der Waals surface area contributed by atoms with Crippen LogP contribution in [0.2, 0.25) is 0 Å². The first-order valence-corrected chi connectivity index (χ1v) is 11.6. The second kappa shape index (κ2) is 9.07. The zero-order valence-electron chi connectivity index (χ0n) is 17.4. The molecule has 0 amide bonds. The van der Waals surface area contributed by atoms with Crippen LogP contribution in [0.25, 0.3) is 10.9 Å². The minimum Gasteiger partial charge on any atom is -0.379 e. The first-order chi connectivity index (χ1) is 15.4. The van der Waals surface area contributed by atoms with Crippen molar-refractivity contribution in [2.45, 2.75) is 18.2 Å². The maximum atomic E-state index is 12.8. The van der Waals surface area contributed by atoms with Gasteiger partial charge in [-0.1, -0.05) is 25.1 Å². The molecule has 0 spiro atoms. The number of aryl methyl sites for hydroxylation is 1. The van der Waals surface area contributed by atoms with E-state index in [0.29, 0.717) is 13.2 Å². The standard InChI is InChI=1S/C21H23N5O5S/c1-2-15-4-3-5-18-16(13-22-21(15)18)14-23-24-19-7-6-17(12-20(19)26(27)28)32(29,30)25-8-10-31-11-9-25/h3-7,12-14,22,24H,2,8-11H2,1H3. The Morgan fingerprint density at radius 1 is 1.28 bits per heavy atom. The molecule has 168 valence electrons. The maximum Gasteiger partial charge on any atom is 0.295 e. The Bertz CT molecular complexity index is 1280. The van der Waals surface area contributed by atoms with E-state index in [4.69, 9.17) is 4.74 Å². The molecule has 0 saturated carbocycles. The van der Waals surface area contributed by atoms with Crippen molar-refractivity contribution in [2.75, 3.05) is 31.7 Å². The average Bonchev–Trinajstić information content (AvgIpc) is 3.23. The summed E-state index contributed by atoms with van der Waals surface area (Å²) in [6, 6.07) is 9.75. The average molecular weight is 458 g/mol. The molecule has 3 aromatic rings. The maximum absolute atomic E-state index is 12.8. The van der Waals surface area contributed by atoms with Gasteiger partial charge in [-0.2, -0.15) is 9.41 Å². The number of aromatic nitrogens is 1. The Labute approximate surface area is 185 Å². The Morgan fingerprint density at radius 3 is 2.78 bits per heavy atom. The summed E-state index contributed by atoms with van der Waals surface area (Å²) in [5.74, 6) is 0. The third-order valence-electron chi connectivity index (χ3n) is 5.38. The lowest BCUT2D eigenvalue weighted by Crippen LogP contribution is -2.40. The fourth-order valence-corrected chi connectivity index (χ4v) is 5.09. The van der Waals surface area contributed by atoms with Gasteiger partial charge in [-0.25, -0.2) is 8.42 Å². The van der Waals surface area contributed by atoms with Crippen molar-refractivity contribution < 1.29 is 18.1 Å². The predicted octanol–water partition coefficient (Wildman–Crippen LogP) is 3.11. The van der Waals surface area contributed by atoms with Crippen LogP contribution in [0.15, 0.2) is 52.6 Å². The first-order valence-electron chi connectivity index (χ1n) is 10.2. The summed E-state index contributed by atoms with van der Waals surface area (Å²) in [7, 11) is -3.84. The summed E-state index contributed by atoms with van der Waals surface area (Å²) in [5.41, 5.74) is 5.44. The molecule has 2 aromatic carbocycles. The van der Waals surface area contributed by atoms with Crippen LogP contribution in [-0.4, -0.2) is 55.1 Å². The fraction of sp³-hybridized carbons (Fsp3) is 0.286. The van der Waals surface area contributed by atoms with E-state index in [0.717, 1.165) is 29.0 Å². The monoisotopic (exact) mass is 457 g/mol. The van der Waals surface area contributed by atoms with Gasteiger partial charge in [0.05, 0.1) is 29.2 Å². The molecule has 1 saturated heterocycles. The van der Waals surface area contributed by atoms with Crippen molar-refractivity contribution in [1.29, 1.82) is 0 Å². The number of H-pyrrole nitrogens is 1. The molecule has 0 unspecified atom stereocenters. The number of sulfonamides is 1. The van der Waals surface area contributed by atoms with E-state index in [-0.39, 0.29) is 29.4 Å². The van der Waals surface area contributed by atoms with Crippen molar-refractivity contribution in [3.63, 3.8) is 0 Å². The number of rotatable bonds is 7. The number of aromatic amines is 1. The predicted molar refractivity (Wildman–Crippen MR) is 122 cm³/mol. The lowest BCUT2D eigenvalue weighted by atomic mass is 10.1. The van der Waals surface area contributed by atoms with E-state index in [1.54, 1.807) is 6.21 Å². The fourth-order valence-electron chi connectivity index (χ4n) is 3.67. The normalized spacial score (nSPS) is 15.4. The van der Waals surface area contributed by atoms with Gasteiger partial charge in [0.25, 0.3) is 5.69 Å². The Morgan fingerprint density at radius 2 is 2.06 bits per heavy atom. The molecule has 2 N–H and O–H groups in total. The molecule has 11 heteroatoms. The van der Waals surface area contributed by atoms with Crippen LogP contribution in [0.4, 0.5) is 11.4 Å². The molecule has 0 atom stereocenters. The third-order valence-corrected chi connectivity index (χ3v) is 7.27. The summed E-state index contributed by atoms with van der Waals surface area (Å²) in [6.07, 6.45) is 4.28. The first kappa shape index (κ1) is 21.9. The molecular formula is C21H23N5O5S. The van der Waals surface area contributed by atoms with Gasteiger partial charge < -0.3 is 9.72 Å². The topological polar surface area (TPSA) is 130 Å². The molecule has 32 heavy (non-hydrogen) atoms. The Kier molecular flexibility index (Phi) is 6.21. The molecule has 2 heterocycles. The highest BCUT2D eigenvalue weighted by molar-refractivity contribution is 7.89. The minimum atomic E-state index is -3.84. The van der Waals surface area contributed by atoms with Gasteiger partial charge in [-0.05, 0) is 24.1 Å². The lowest BCUT2D eigenvalue weighted by molar-refractivity contribution is -0.384. The quantitative estimate of drug-likeness (QED) is 0.319. The number of fused-ring (bicyclic) bond motifs is 1. The Hall–Kier alpha value is -3.28. The zero-order chi connectivity index (χ0) is 22.7. The van der Waals surface area contributed by atoms with Gasteiger partial charge in [0.15, 0.2) is 0 Å². The number of hydrogen-bond acceptors (Lipinski definition) is 7. The van der Waals surface area contributed by atoms with Crippen LogP contribution >= 0.6 is 0 Å². The van der Waals surface area contributed by atoms with E-state index in [1.807, 2.05) is 24.4 Å². The van der Waals surface area contributed by atoms with Gasteiger partial charge in [0.2, 0.25) is 10.0 Å². The van der Waals surface area contributed by atoms with Crippen LogP contribution in [0.1, 0.15) is 18.1 Å². The largest absolute Gasteiger partial charge is 0.379 e. The molecule has 1 aromatic heterocycles. The van der Waals surface area contributed by atoms with Crippen LogP contribution in [-0.2, 0) is 21.2 Å². The van der Waals surface area contributed by atoms with Crippen LogP contribution in [0.5, 0.6) is 0 Å². The van der Waals surface area contributed by atoms with Crippen molar-refractivity contribution in [1.82, 2.24) is 9.29 Å². The van der Waals surface area contributed by atoms with Crippen LogP contribution in [0.3, 0.4) is 0 Å². The van der Waals surface area contributed by atoms with E-state index in [2.05, 4.69) is 22.4 Å². The summed E-state index contributed by atoms with van der Waals surface area (Å²) < 4.78 is 32.1. The van der Waals surface area contributed by atoms with E-state index >= 15 is 0 Å². The van der Waals surface area contributed by atoms with Crippen LogP contribution < -0.4 is 5.43 Å². The number of nitro groups is 1. The van der Waals surface area contributed by atoms with Crippen LogP contribution in [0, 0.1) is 10.1 Å². The number of nitrogens with one attached hydrogen (secondary N) is 2. The van der Waals surface area contributed by atoms with E-state index in [9.17, 15) is 18.5 Å². The number of nitrogens with zero attached hydrogens (tertiary/aromatic N) is 3. The Balaban J connectivity index is 1.58. The molecule has 0 bridgehead atoms. The van der Waals surface area contributed by atoms with Gasteiger partial charge in [-0.3, -0.25) is 15.5 Å². The van der Waals surface area contributed by atoms with Gasteiger partial charge in [0, 0.05) is 41.8 Å². The second-order valence-electron chi connectivity index (χ2n) is 7.26. The molecule has 1 aliphatic rings. The molecule has 1 fully saturated rings. The number of nitro benzene ring substituents is 1. The molecule has 0 radical (unpaired) electrons. The molecule has 1 aliphatic heterocycles. The highest BCUT2D eigenvalue weighted by Crippen LogP contribution is 2.29. The second-order valence-corrected chi connectivity index (χ2v) is 9.20. The number of hydrogen-bond donors (Lipinski definition) is 2. The van der Waals surface area contributed by atoms with Crippen molar-refractivity contribution in [2.24, 2.45) is 5.10 Å². The van der Waals surface area contributed by atoms with E-state index < -0.39 is 14.9 Å². The summed E-state index contributed by atoms with van der Waals surface area (Å²) in [5, 5.41) is 16.7. The van der Waals surface area contributed by atoms with Gasteiger partial charge >= 0.3 is 0 Å². The summed E-state index contributed by atoms with van der Waals surface area (Å²) >= 11 is 0. The molecule has 4 rings (SSSR count). The molecule has 0 aliphatic carbocycles. The lowest BCUT2D eigenvalue weighted by Gasteiger charge is -2.26. The smallest absolute Gasteiger partial charge is 0.295 e. The minimum absolute atomic E-state index is 0.0984.